The normalized spacial score (nSPS) is 16.0. The molecule has 0 saturated heterocycles. The maximum atomic E-state index is 13.1. The van der Waals surface area contributed by atoms with Gasteiger partial charge in [0.05, 0.1) is 5.56 Å². The molecule has 32 heavy (non-hydrogen) atoms. The summed E-state index contributed by atoms with van der Waals surface area (Å²) < 4.78 is 19.1. The molecule has 5 heteroatoms. The molecule has 0 amide bonds. The lowest BCUT2D eigenvalue weighted by Crippen LogP contribution is -2.26. The van der Waals surface area contributed by atoms with E-state index in [1.54, 1.807) is 29.7 Å². The van der Waals surface area contributed by atoms with Gasteiger partial charge in [-0.25, -0.2) is 9.38 Å². The number of rotatable bonds is 5. The minimum Gasteiger partial charge on any atom is -0.488 e. The molecule has 0 saturated carbocycles. The number of hydrogen-bond donors (Lipinski definition) is 0. The number of thiophene rings is 1. The highest BCUT2D eigenvalue weighted by atomic mass is 32.1. The largest absolute Gasteiger partial charge is 0.488 e. The molecular formula is C27H27FN2OS. The first kappa shape index (κ1) is 22.2. The van der Waals surface area contributed by atoms with Crippen LogP contribution in [0.3, 0.4) is 0 Å². The van der Waals surface area contributed by atoms with E-state index in [1.165, 1.54) is 22.6 Å². The molecule has 1 heterocycles. The van der Waals surface area contributed by atoms with Gasteiger partial charge < -0.3 is 4.74 Å². The molecule has 1 aromatic heterocycles. The molecule has 1 atom stereocenters. The highest BCUT2D eigenvalue weighted by Gasteiger charge is 2.32. The Hall–Kier alpha value is -2.97. The van der Waals surface area contributed by atoms with E-state index in [-0.39, 0.29) is 11.2 Å². The minimum absolute atomic E-state index is 0.262. The molecule has 3 aromatic rings. The van der Waals surface area contributed by atoms with Gasteiger partial charge in [0.2, 0.25) is 0 Å². The van der Waals surface area contributed by atoms with Crippen molar-refractivity contribution in [2.75, 3.05) is 0 Å². The molecule has 3 nitrogen and oxygen atoms in total. The first-order chi connectivity index (χ1) is 15.3. The van der Waals surface area contributed by atoms with E-state index < -0.39 is 0 Å². The summed E-state index contributed by atoms with van der Waals surface area (Å²) in [5, 5.41) is 10.6. The second-order valence-corrected chi connectivity index (χ2v) is 10.4. The van der Waals surface area contributed by atoms with Crippen molar-refractivity contribution in [2.24, 2.45) is 16.3 Å². The number of hydrogen-bond acceptors (Lipinski definition) is 4. The molecule has 0 unspecified atom stereocenters. The zero-order valence-corrected chi connectivity index (χ0v) is 19.5. The Bertz CT molecular complexity index is 1170. The third-order valence-corrected chi connectivity index (χ3v) is 7.29. The Morgan fingerprint density at radius 1 is 1.19 bits per heavy atom. The predicted octanol–water partition coefficient (Wildman–Crippen LogP) is 7.24. The van der Waals surface area contributed by atoms with E-state index in [2.05, 4.69) is 26.8 Å². The fourth-order valence-electron chi connectivity index (χ4n) is 4.11. The molecule has 2 aromatic carbocycles. The van der Waals surface area contributed by atoms with E-state index in [9.17, 15) is 9.65 Å². The van der Waals surface area contributed by atoms with Crippen LogP contribution in [0.4, 0.5) is 9.39 Å². The van der Waals surface area contributed by atoms with E-state index >= 15 is 0 Å². The summed E-state index contributed by atoms with van der Waals surface area (Å²) in [6, 6.07) is 16.4. The zero-order chi connectivity index (χ0) is 22.7. The second kappa shape index (κ2) is 9.26. The van der Waals surface area contributed by atoms with E-state index in [0.29, 0.717) is 18.3 Å². The van der Waals surface area contributed by atoms with E-state index in [1.807, 2.05) is 24.3 Å². The van der Waals surface area contributed by atoms with Crippen molar-refractivity contribution in [1.82, 2.24) is 0 Å². The summed E-state index contributed by atoms with van der Waals surface area (Å²) in [5.41, 5.74) is 3.91. The van der Waals surface area contributed by atoms with Crippen LogP contribution < -0.4 is 4.74 Å². The van der Waals surface area contributed by atoms with Crippen molar-refractivity contribution >= 4 is 22.6 Å². The van der Waals surface area contributed by atoms with Crippen LogP contribution in [0.2, 0.25) is 0 Å². The van der Waals surface area contributed by atoms with Crippen molar-refractivity contribution in [3.8, 4) is 11.8 Å². The van der Waals surface area contributed by atoms with Crippen molar-refractivity contribution in [3.63, 3.8) is 0 Å². The molecule has 1 aliphatic carbocycles. The van der Waals surface area contributed by atoms with Gasteiger partial charge >= 0.3 is 0 Å². The SMILES string of the molecule is CC(C)(C)[C@H]1CCc2c(sc(N=Cc3ccccc3OCc3ccc(F)cc3)c2C#N)C1. The van der Waals surface area contributed by atoms with Crippen molar-refractivity contribution in [3.05, 3.63) is 81.5 Å². The summed E-state index contributed by atoms with van der Waals surface area (Å²) in [5.74, 6) is 1.06. The second-order valence-electron chi connectivity index (χ2n) is 9.31. The predicted molar refractivity (Wildman–Crippen MR) is 128 cm³/mol. The monoisotopic (exact) mass is 446 g/mol. The smallest absolute Gasteiger partial charge is 0.134 e. The van der Waals surface area contributed by atoms with Gasteiger partial charge in [0, 0.05) is 16.7 Å². The molecule has 0 spiro atoms. The van der Waals surface area contributed by atoms with Crippen LogP contribution in [-0.4, -0.2) is 6.21 Å². The molecule has 0 fully saturated rings. The number of nitrogens with zero attached hydrogens (tertiary/aromatic N) is 2. The van der Waals surface area contributed by atoms with Crippen LogP contribution in [0.1, 0.15) is 54.3 Å². The van der Waals surface area contributed by atoms with Gasteiger partial charge in [0.15, 0.2) is 0 Å². The summed E-state index contributed by atoms with van der Waals surface area (Å²) in [6.07, 6.45) is 4.86. The first-order valence-corrected chi connectivity index (χ1v) is 11.7. The molecule has 0 N–H and O–H groups in total. The van der Waals surface area contributed by atoms with Crippen LogP contribution >= 0.6 is 11.3 Å². The van der Waals surface area contributed by atoms with Crippen LogP contribution in [0.25, 0.3) is 0 Å². The average molecular weight is 447 g/mol. The average Bonchev–Trinajstić information content (AvgIpc) is 3.14. The van der Waals surface area contributed by atoms with Crippen LogP contribution in [0.15, 0.2) is 53.5 Å². The van der Waals surface area contributed by atoms with Crippen LogP contribution in [-0.2, 0) is 19.4 Å². The lowest BCUT2D eigenvalue weighted by molar-refractivity contribution is 0.218. The fourth-order valence-corrected chi connectivity index (χ4v) is 5.33. The fraction of sp³-hybridized carbons (Fsp3) is 0.333. The lowest BCUT2D eigenvalue weighted by atomic mass is 9.72. The molecular weight excluding hydrogens is 419 g/mol. The molecule has 4 rings (SSSR count). The summed E-state index contributed by atoms with van der Waals surface area (Å²) in [6.45, 7) is 7.23. The maximum absolute atomic E-state index is 13.1. The standard InChI is InChI=1S/C27H27FN2OS/c1-27(2,3)20-10-13-22-23(15-29)26(32-25(22)14-20)30-16-19-6-4-5-7-24(19)31-17-18-8-11-21(28)12-9-18/h4-9,11-12,16,20H,10,13-14,17H2,1-3H3/t20-/m0/s1. The minimum atomic E-state index is -0.262. The Labute approximate surface area is 193 Å². The first-order valence-electron chi connectivity index (χ1n) is 10.9. The number of nitriles is 1. The van der Waals surface area contributed by atoms with Gasteiger partial charge in [-0.05, 0) is 66.0 Å². The molecule has 164 valence electrons. The van der Waals surface area contributed by atoms with Gasteiger partial charge in [-0.2, -0.15) is 5.26 Å². The third kappa shape index (κ3) is 4.92. The van der Waals surface area contributed by atoms with E-state index in [0.717, 1.165) is 41.0 Å². The highest BCUT2D eigenvalue weighted by molar-refractivity contribution is 7.16. The van der Waals surface area contributed by atoms with Gasteiger partial charge in [-0.15, -0.1) is 11.3 Å². The zero-order valence-electron chi connectivity index (χ0n) is 18.7. The Morgan fingerprint density at radius 2 is 1.94 bits per heavy atom. The van der Waals surface area contributed by atoms with Gasteiger partial charge in [0.1, 0.15) is 29.2 Å². The maximum Gasteiger partial charge on any atom is 0.134 e. The number of ether oxygens (including phenoxy) is 1. The highest BCUT2D eigenvalue weighted by Crippen LogP contribution is 2.44. The van der Waals surface area contributed by atoms with Crippen molar-refractivity contribution in [2.45, 2.75) is 46.6 Å². The molecule has 0 bridgehead atoms. The molecule has 0 radical (unpaired) electrons. The lowest BCUT2D eigenvalue weighted by Gasteiger charge is -2.33. The van der Waals surface area contributed by atoms with E-state index in [4.69, 9.17) is 9.73 Å². The topological polar surface area (TPSA) is 45.4 Å². The summed E-state index contributed by atoms with van der Waals surface area (Å²) in [7, 11) is 0. The molecule has 1 aliphatic rings. The van der Waals surface area contributed by atoms with Crippen molar-refractivity contribution < 1.29 is 9.13 Å². The summed E-state index contributed by atoms with van der Waals surface area (Å²) >= 11 is 1.65. The number of fused-ring (bicyclic) bond motifs is 1. The Morgan fingerprint density at radius 3 is 2.66 bits per heavy atom. The number of benzene rings is 2. The molecule has 0 aliphatic heterocycles. The van der Waals surface area contributed by atoms with Crippen molar-refractivity contribution in [1.29, 1.82) is 5.26 Å². The van der Waals surface area contributed by atoms with Crippen LogP contribution in [0.5, 0.6) is 5.75 Å². The Balaban J connectivity index is 1.55. The number of para-hydroxylation sites is 1. The number of aliphatic imine (C=N–C) groups is 1. The summed E-state index contributed by atoms with van der Waals surface area (Å²) in [4.78, 5) is 6.01. The van der Waals surface area contributed by atoms with Gasteiger partial charge in [0.25, 0.3) is 0 Å². The van der Waals surface area contributed by atoms with Crippen LogP contribution in [0, 0.1) is 28.5 Å². The van der Waals surface area contributed by atoms with Gasteiger partial charge in [-0.3, -0.25) is 0 Å². The third-order valence-electron chi connectivity index (χ3n) is 6.13. The quantitative estimate of drug-likeness (QED) is 0.388. The Kier molecular flexibility index (Phi) is 6.43. The number of halogens is 1. The van der Waals surface area contributed by atoms with Gasteiger partial charge in [-0.1, -0.05) is 45.0 Å².